The third-order valence-corrected chi connectivity index (χ3v) is 7.94. The molecule has 43 heavy (non-hydrogen) atoms. The molecule has 4 aromatic rings. The molecule has 1 aromatic heterocycles. The van der Waals surface area contributed by atoms with Crippen LogP contribution in [-0.4, -0.2) is 42.0 Å². The highest BCUT2D eigenvalue weighted by Gasteiger charge is 2.45. The van der Waals surface area contributed by atoms with Crippen molar-refractivity contribution in [3.05, 3.63) is 124 Å². The van der Waals surface area contributed by atoms with Crippen molar-refractivity contribution < 1.29 is 33.7 Å². The van der Waals surface area contributed by atoms with Gasteiger partial charge in [0.05, 0.1) is 31.5 Å². The predicted octanol–water partition coefficient (Wildman–Crippen LogP) is 6.01. The molecule has 10 heteroatoms. The molecule has 0 bridgehead atoms. The van der Waals surface area contributed by atoms with E-state index in [0.717, 1.165) is 22.5 Å². The lowest BCUT2D eigenvalue weighted by Crippen LogP contribution is -2.30. The summed E-state index contributed by atoms with van der Waals surface area (Å²) < 4.78 is 16.5. The number of methoxy groups -OCH3 is 2. The fourth-order valence-electron chi connectivity index (χ4n) is 4.67. The molecule has 0 aliphatic carbocycles. The molecule has 1 amide bonds. The maximum absolute atomic E-state index is 13.6. The van der Waals surface area contributed by atoms with Crippen molar-refractivity contribution in [3.8, 4) is 11.5 Å². The van der Waals surface area contributed by atoms with Crippen molar-refractivity contribution in [1.29, 1.82) is 0 Å². The smallest absolute Gasteiger partial charge is 0.350 e. The van der Waals surface area contributed by atoms with Gasteiger partial charge in [-0.1, -0.05) is 84.1 Å². The number of amides is 1. The third kappa shape index (κ3) is 6.05. The van der Waals surface area contributed by atoms with E-state index in [0.29, 0.717) is 29.4 Å². The standard InChI is InChI=1S/C33H28N2O7S/c1-20-30(32(39)41-3)43-33(34-20)35-28(27(29(37)31(35)38)24(36)16-14-21-10-6-4-7-11-21)23-15-17-25(26(18-23)40-2)42-19-22-12-8-5-9-13-22/h4-18,28,37H,19H2,1-3H3. The number of carbonyl (C=O) groups excluding carboxylic acids is 3. The number of rotatable bonds is 10. The summed E-state index contributed by atoms with van der Waals surface area (Å²) in [4.78, 5) is 45.3. The lowest BCUT2D eigenvalue weighted by Gasteiger charge is -2.25. The summed E-state index contributed by atoms with van der Waals surface area (Å²) in [5.41, 5.74) is 2.42. The fraction of sp³-hybridized carbons (Fsp3) is 0.152. The van der Waals surface area contributed by atoms with Crippen molar-refractivity contribution in [2.24, 2.45) is 0 Å². The Kier molecular flexibility index (Phi) is 8.68. The lowest BCUT2D eigenvalue weighted by atomic mass is 9.95. The average molecular weight is 597 g/mol. The number of aromatic nitrogens is 1. The average Bonchev–Trinajstić information content (AvgIpc) is 3.55. The number of aliphatic hydroxyl groups excluding tert-OH is 1. The Morgan fingerprint density at radius 1 is 1.00 bits per heavy atom. The number of ether oxygens (including phenoxy) is 3. The number of aryl methyl sites for hydroxylation is 1. The number of aliphatic hydroxyl groups is 1. The molecule has 1 aliphatic rings. The van der Waals surface area contributed by atoms with Gasteiger partial charge in [-0.2, -0.15) is 0 Å². The number of hydrogen-bond acceptors (Lipinski definition) is 9. The van der Waals surface area contributed by atoms with E-state index in [1.54, 1.807) is 31.2 Å². The zero-order chi connectivity index (χ0) is 30.5. The normalized spacial score (nSPS) is 14.8. The van der Waals surface area contributed by atoms with Crippen molar-refractivity contribution in [2.75, 3.05) is 19.1 Å². The highest BCUT2D eigenvalue weighted by atomic mass is 32.1. The van der Waals surface area contributed by atoms with Gasteiger partial charge in [-0.25, -0.2) is 9.78 Å². The Balaban J connectivity index is 1.56. The monoisotopic (exact) mass is 596 g/mol. The molecule has 0 saturated heterocycles. The highest BCUT2D eigenvalue weighted by molar-refractivity contribution is 7.17. The third-order valence-electron chi connectivity index (χ3n) is 6.80. The van der Waals surface area contributed by atoms with Crippen molar-refractivity contribution >= 4 is 40.2 Å². The maximum atomic E-state index is 13.6. The van der Waals surface area contributed by atoms with Crippen LogP contribution in [-0.2, 0) is 20.9 Å². The van der Waals surface area contributed by atoms with Gasteiger partial charge in [-0.15, -0.1) is 0 Å². The quantitative estimate of drug-likeness (QED) is 0.175. The van der Waals surface area contributed by atoms with E-state index in [4.69, 9.17) is 14.2 Å². The Hall–Kier alpha value is -5.22. The van der Waals surface area contributed by atoms with E-state index in [1.807, 2.05) is 60.7 Å². The zero-order valence-corrected chi connectivity index (χ0v) is 24.5. The molecule has 0 saturated carbocycles. The topological polar surface area (TPSA) is 115 Å². The van der Waals surface area contributed by atoms with E-state index in [-0.39, 0.29) is 15.6 Å². The first-order valence-electron chi connectivity index (χ1n) is 13.3. The molecule has 218 valence electrons. The Labute approximate surface area is 252 Å². The second-order valence-corrected chi connectivity index (χ2v) is 10.5. The first-order valence-corrected chi connectivity index (χ1v) is 14.1. The lowest BCUT2D eigenvalue weighted by molar-refractivity contribution is -0.117. The van der Waals surface area contributed by atoms with E-state index < -0.39 is 29.5 Å². The van der Waals surface area contributed by atoms with Crippen LogP contribution < -0.4 is 14.4 Å². The molecule has 0 spiro atoms. The summed E-state index contributed by atoms with van der Waals surface area (Å²) in [6.45, 7) is 1.92. The van der Waals surface area contributed by atoms with E-state index in [9.17, 15) is 19.5 Å². The molecule has 1 unspecified atom stereocenters. The Morgan fingerprint density at radius 2 is 1.70 bits per heavy atom. The van der Waals surface area contributed by atoms with Gasteiger partial charge in [-0.05, 0) is 41.8 Å². The van der Waals surface area contributed by atoms with Crippen LogP contribution in [0.15, 0.2) is 96.3 Å². The summed E-state index contributed by atoms with van der Waals surface area (Å²) in [6.07, 6.45) is 2.92. The first kappa shape index (κ1) is 29.3. The van der Waals surface area contributed by atoms with Crippen LogP contribution in [0.3, 0.4) is 0 Å². The van der Waals surface area contributed by atoms with Crippen LogP contribution in [0, 0.1) is 6.92 Å². The van der Waals surface area contributed by atoms with Crippen LogP contribution in [0.1, 0.15) is 38.1 Å². The van der Waals surface area contributed by atoms with Crippen LogP contribution >= 0.6 is 11.3 Å². The number of allylic oxidation sites excluding steroid dienone is 1. The van der Waals surface area contributed by atoms with Gasteiger partial charge in [0.1, 0.15) is 11.5 Å². The molecule has 1 aliphatic heterocycles. The minimum absolute atomic E-state index is 0.123. The molecule has 0 fully saturated rings. The van der Waals surface area contributed by atoms with E-state index in [2.05, 4.69) is 4.98 Å². The number of hydrogen-bond donors (Lipinski definition) is 1. The highest BCUT2D eigenvalue weighted by Crippen LogP contribution is 2.45. The summed E-state index contributed by atoms with van der Waals surface area (Å²) in [5, 5.41) is 11.2. The van der Waals surface area contributed by atoms with Gasteiger partial charge in [0.2, 0.25) is 0 Å². The Morgan fingerprint density at radius 3 is 2.37 bits per heavy atom. The van der Waals surface area contributed by atoms with Gasteiger partial charge in [-0.3, -0.25) is 14.5 Å². The molecule has 1 N–H and O–H groups in total. The first-order chi connectivity index (χ1) is 20.8. The van der Waals surface area contributed by atoms with Crippen LogP contribution in [0.4, 0.5) is 5.13 Å². The molecule has 1 atom stereocenters. The van der Waals surface area contributed by atoms with Gasteiger partial charge in [0.15, 0.2) is 28.2 Å². The van der Waals surface area contributed by atoms with Crippen molar-refractivity contribution in [2.45, 2.75) is 19.6 Å². The fourth-order valence-corrected chi connectivity index (χ4v) is 5.68. The predicted molar refractivity (Wildman–Crippen MR) is 162 cm³/mol. The number of esters is 1. The summed E-state index contributed by atoms with van der Waals surface area (Å²) in [6, 6.07) is 22.8. The molecular formula is C33H28N2O7S. The number of anilines is 1. The van der Waals surface area contributed by atoms with Crippen LogP contribution in [0.2, 0.25) is 0 Å². The minimum atomic E-state index is -1.08. The van der Waals surface area contributed by atoms with E-state index >= 15 is 0 Å². The largest absolute Gasteiger partial charge is 0.503 e. The Bertz CT molecular complexity index is 1730. The molecule has 2 heterocycles. The summed E-state index contributed by atoms with van der Waals surface area (Å²) >= 11 is 0.933. The summed E-state index contributed by atoms with van der Waals surface area (Å²) in [7, 11) is 2.74. The van der Waals surface area contributed by atoms with Gasteiger partial charge < -0.3 is 19.3 Å². The molecule has 0 radical (unpaired) electrons. The second kappa shape index (κ2) is 12.7. The number of nitrogens with zero attached hydrogens (tertiary/aromatic N) is 2. The molecular weight excluding hydrogens is 568 g/mol. The van der Waals surface area contributed by atoms with Crippen LogP contribution in [0.25, 0.3) is 6.08 Å². The van der Waals surface area contributed by atoms with Gasteiger partial charge in [0, 0.05) is 0 Å². The SMILES string of the molecule is COC(=O)c1sc(N2C(=O)C(O)=C(C(=O)C=Cc3ccccc3)C2c2ccc(OCc3ccccc3)c(OC)c2)nc1C. The second-order valence-electron chi connectivity index (χ2n) is 9.54. The number of thiazole rings is 1. The van der Waals surface area contributed by atoms with E-state index in [1.165, 1.54) is 25.2 Å². The molecule has 3 aromatic carbocycles. The van der Waals surface area contributed by atoms with Crippen molar-refractivity contribution in [3.63, 3.8) is 0 Å². The molecule has 5 rings (SSSR count). The summed E-state index contributed by atoms with van der Waals surface area (Å²) in [5.74, 6) is -1.88. The van der Waals surface area contributed by atoms with Crippen LogP contribution in [0.5, 0.6) is 11.5 Å². The van der Waals surface area contributed by atoms with Gasteiger partial charge >= 0.3 is 5.97 Å². The van der Waals surface area contributed by atoms with Crippen molar-refractivity contribution in [1.82, 2.24) is 4.98 Å². The molecule has 9 nitrogen and oxygen atoms in total. The zero-order valence-electron chi connectivity index (χ0n) is 23.6. The van der Waals surface area contributed by atoms with Gasteiger partial charge in [0.25, 0.3) is 5.91 Å². The number of ketones is 1. The minimum Gasteiger partial charge on any atom is -0.503 e. The number of benzene rings is 3. The number of carbonyl (C=O) groups is 3. The maximum Gasteiger partial charge on any atom is 0.350 e.